The predicted molar refractivity (Wildman–Crippen MR) is 131 cm³/mol. The molecule has 35 heavy (non-hydrogen) atoms. The lowest BCUT2D eigenvalue weighted by atomic mass is 10.1. The molecule has 0 radical (unpaired) electrons. The Hall–Kier alpha value is -4.35. The molecule has 0 saturated carbocycles. The Bertz CT molecular complexity index is 1400. The maximum Gasteiger partial charge on any atom is 0.345 e. The number of hydrogen-bond donors (Lipinski definition) is 2. The Morgan fingerprint density at radius 1 is 1.14 bits per heavy atom. The average molecular weight is 496 g/mol. The number of esters is 1. The molecule has 0 aliphatic carbocycles. The van der Waals surface area contributed by atoms with Crippen molar-refractivity contribution in [2.75, 3.05) is 18.2 Å². The number of methoxy groups -OCH3 is 1. The Morgan fingerprint density at radius 3 is 2.54 bits per heavy atom. The number of ether oxygens (including phenoxy) is 2. The summed E-state index contributed by atoms with van der Waals surface area (Å²) in [6.07, 6.45) is 1.56. The highest BCUT2D eigenvalue weighted by Crippen LogP contribution is 2.31. The van der Waals surface area contributed by atoms with Gasteiger partial charge in [0.05, 0.1) is 34.6 Å². The van der Waals surface area contributed by atoms with E-state index in [-0.39, 0.29) is 27.7 Å². The number of carbonyl (C=O) groups excluding carboxylic acids is 1. The molecule has 3 aromatic carbocycles. The highest BCUT2D eigenvalue weighted by atomic mass is 35.5. The number of carbonyl (C=O) groups is 1. The number of hydrogen-bond acceptors (Lipinski definition) is 6. The van der Waals surface area contributed by atoms with Gasteiger partial charge in [-0.1, -0.05) is 30.3 Å². The normalized spacial score (nSPS) is 10.9. The van der Waals surface area contributed by atoms with Crippen molar-refractivity contribution >= 4 is 35.0 Å². The number of nitrogens with two attached hydrogens (primary N) is 1. The number of rotatable bonds is 7. The topological polar surface area (TPSA) is 97.4 Å². The van der Waals surface area contributed by atoms with Crippen LogP contribution in [-0.4, -0.2) is 13.1 Å². The van der Waals surface area contributed by atoms with Crippen molar-refractivity contribution < 1.29 is 23.0 Å². The molecule has 3 N–H and O–H groups in total. The van der Waals surface area contributed by atoms with Crippen molar-refractivity contribution in [2.24, 2.45) is 0 Å². The van der Waals surface area contributed by atoms with Gasteiger partial charge in [0.1, 0.15) is 6.07 Å². The highest BCUT2D eigenvalue weighted by molar-refractivity contribution is 6.33. The summed E-state index contributed by atoms with van der Waals surface area (Å²) < 4.78 is 37.4. The Labute approximate surface area is 205 Å². The van der Waals surface area contributed by atoms with Gasteiger partial charge in [-0.05, 0) is 60.5 Å². The molecular weight excluding hydrogens is 476 g/mol. The van der Waals surface area contributed by atoms with Crippen LogP contribution in [0, 0.1) is 29.9 Å². The third kappa shape index (κ3) is 5.96. The first kappa shape index (κ1) is 25.3. The second kappa shape index (κ2) is 10.7. The van der Waals surface area contributed by atoms with Crippen molar-refractivity contribution in [2.45, 2.75) is 6.92 Å². The van der Waals surface area contributed by atoms with E-state index in [1.165, 1.54) is 19.2 Å². The molecule has 0 bridgehead atoms. The number of allylic oxidation sites excluding steroid dienone is 1. The van der Waals surface area contributed by atoms with E-state index in [9.17, 15) is 18.8 Å². The van der Waals surface area contributed by atoms with E-state index in [1.54, 1.807) is 18.2 Å². The molecule has 0 amide bonds. The third-order valence-electron chi connectivity index (χ3n) is 4.87. The van der Waals surface area contributed by atoms with Gasteiger partial charge in [0.2, 0.25) is 0 Å². The van der Waals surface area contributed by atoms with Gasteiger partial charge in [-0.3, -0.25) is 0 Å². The van der Waals surface area contributed by atoms with Gasteiger partial charge >= 0.3 is 5.97 Å². The lowest BCUT2D eigenvalue weighted by Crippen LogP contribution is -2.11. The minimum Gasteiger partial charge on any atom is -0.493 e. The first-order valence-electron chi connectivity index (χ1n) is 10.1. The van der Waals surface area contributed by atoms with E-state index < -0.39 is 17.6 Å². The van der Waals surface area contributed by atoms with E-state index in [4.69, 9.17) is 26.8 Å². The van der Waals surface area contributed by atoms with E-state index in [1.807, 2.05) is 19.1 Å². The van der Waals surface area contributed by atoms with E-state index in [0.717, 1.165) is 5.56 Å². The van der Waals surface area contributed by atoms with E-state index in [0.29, 0.717) is 34.8 Å². The number of nitrogens with zero attached hydrogens (tertiary/aromatic N) is 1. The van der Waals surface area contributed by atoms with Crippen LogP contribution in [0.1, 0.15) is 21.5 Å². The molecule has 0 aliphatic heterocycles. The second-order valence-corrected chi connectivity index (χ2v) is 7.82. The number of aryl methyl sites for hydroxylation is 1. The van der Waals surface area contributed by atoms with Gasteiger partial charge < -0.3 is 20.5 Å². The first-order valence-corrected chi connectivity index (χ1v) is 10.5. The zero-order valence-corrected chi connectivity index (χ0v) is 19.5. The lowest BCUT2D eigenvalue weighted by molar-refractivity contribution is 0.0729. The molecule has 0 aromatic heterocycles. The summed E-state index contributed by atoms with van der Waals surface area (Å²) >= 11 is 5.84. The summed E-state index contributed by atoms with van der Waals surface area (Å²) in [5.41, 5.74) is 8.84. The van der Waals surface area contributed by atoms with Crippen LogP contribution in [-0.2, 0) is 0 Å². The standard InChI is InChI=1S/C26H20ClF2N3O3/c1-14-4-6-22(31)23(8-14)32-15(2)17(13-30)9-16-5-7-24(25(10-16)34-3)35-26(33)18-11-20(28)21(29)12-19(18)27/h4-12,32H,2,31H2,1,3H3/b17-9+. The average Bonchev–Trinajstić information content (AvgIpc) is 2.82. The fourth-order valence-corrected chi connectivity index (χ4v) is 3.28. The number of halogens is 3. The van der Waals surface area contributed by atoms with Crippen LogP contribution < -0.4 is 20.5 Å². The van der Waals surface area contributed by atoms with Crippen LogP contribution in [0.25, 0.3) is 6.08 Å². The number of anilines is 2. The minimum atomic E-state index is -1.24. The molecule has 0 aliphatic rings. The van der Waals surface area contributed by atoms with Crippen LogP contribution in [0.3, 0.4) is 0 Å². The number of nitrogen functional groups attached to an aromatic ring is 1. The van der Waals surface area contributed by atoms with Crippen molar-refractivity contribution in [1.82, 2.24) is 0 Å². The van der Waals surface area contributed by atoms with Gasteiger partial charge in [0.15, 0.2) is 23.1 Å². The Balaban J connectivity index is 1.84. The number of benzene rings is 3. The van der Waals surface area contributed by atoms with Gasteiger partial charge in [-0.15, -0.1) is 0 Å². The highest BCUT2D eigenvalue weighted by Gasteiger charge is 2.19. The zero-order chi connectivity index (χ0) is 25.7. The molecule has 0 heterocycles. The summed E-state index contributed by atoms with van der Waals surface area (Å²) in [7, 11) is 1.36. The predicted octanol–water partition coefficient (Wildman–Crippen LogP) is 6.27. The molecule has 3 aromatic rings. The fourth-order valence-electron chi connectivity index (χ4n) is 3.05. The molecule has 0 saturated heterocycles. The molecule has 6 nitrogen and oxygen atoms in total. The Kier molecular flexibility index (Phi) is 7.74. The summed E-state index contributed by atoms with van der Waals surface area (Å²) in [4.78, 5) is 12.5. The summed E-state index contributed by atoms with van der Waals surface area (Å²) in [6.45, 7) is 5.83. The van der Waals surface area contributed by atoms with E-state index >= 15 is 0 Å². The van der Waals surface area contributed by atoms with Crippen LogP contribution in [0.4, 0.5) is 20.2 Å². The number of nitrogens with one attached hydrogen (secondary N) is 1. The second-order valence-electron chi connectivity index (χ2n) is 7.41. The van der Waals surface area contributed by atoms with Crippen LogP contribution in [0.15, 0.2) is 66.4 Å². The minimum absolute atomic E-state index is 0.0124. The lowest BCUT2D eigenvalue weighted by Gasteiger charge is -2.13. The summed E-state index contributed by atoms with van der Waals surface area (Å²) in [5.74, 6) is -3.25. The van der Waals surface area contributed by atoms with Crippen LogP contribution in [0.2, 0.25) is 5.02 Å². The van der Waals surface area contributed by atoms with Gasteiger partial charge in [-0.2, -0.15) is 5.26 Å². The molecule has 0 spiro atoms. The monoisotopic (exact) mass is 495 g/mol. The maximum absolute atomic E-state index is 13.5. The van der Waals surface area contributed by atoms with Gasteiger partial charge in [0, 0.05) is 5.70 Å². The van der Waals surface area contributed by atoms with Crippen molar-refractivity contribution in [3.8, 4) is 17.6 Å². The van der Waals surface area contributed by atoms with Crippen molar-refractivity contribution in [3.05, 3.63) is 99.7 Å². The zero-order valence-electron chi connectivity index (χ0n) is 18.8. The smallest absolute Gasteiger partial charge is 0.345 e. The molecule has 178 valence electrons. The Morgan fingerprint density at radius 2 is 1.86 bits per heavy atom. The summed E-state index contributed by atoms with van der Waals surface area (Å²) in [6, 6.07) is 13.4. The molecule has 9 heteroatoms. The van der Waals surface area contributed by atoms with Crippen LogP contribution >= 0.6 is 11.6 Å². The maximum atomic E-state index is 13.5. The van der Waals surface area contributed by atoms with Gasteiger partial charge in [-0.25, -0.2) is 13.6 Å². The third-order valence-corrected chi connectivity index (χ3v) is 5.18. The first-order chi connectivity index (χ1) is 16.6. The molecule has 3 rings (SSSR count). The van der Waals surface area contributed by atoms with Gasteiger partial charge in [0.25, 0.3) is 0 Å². The molecule has 0 unspecified atom stereocenters. The molecule has 0 atom stereocenters. The quantitative estimate of drug-likeness (QED) is 0.100. The van der Waals surface area contributed by atoms with Crippen LogP contribution in [0.5, 0.6) is 11.5 Å². The number of nitriles is 1. The van der Waals surface area contributed by atoms with Crippen molar-refractivity contribution in [3.63, 3.8) is 0 Å². The van der Waals surface area contributed by atoms with E-state index in [2.05, 4.69) is 18.0 Å². The fraction of sp³-hybridized carbons (Fsp3) is 0.0769. The SMILES string of the molecule is C=C(Nc1cc(C)ccc1N)/C(C#N)=C/c1ccc(OC(=O)c2cc(F)c(F)cc2Cl)c(OC)c1. The largest absolute Gasteiger partial charge is 0.493 e. The molecule has 0 fully saturated rings. The molecular formula is C26H20ClF2N3O3. The van der Waals surface area contributed by atoms with Crippen molar-refractivity contribution in [1.29, 1.82) is 5.26 Å². The summed E-state index contributed by atoms with van der Waals surface area (Å²) in [5, 5.41) is 12.4.